The summed E-state index contributed by atoms with van der Waals surface area (Å²) in [4.78, 5) is 10.4. The Morgan fingerprint density at radius 3 is 2.43 bits per heavy atom. The Labute approximate surface area is 78.5 Å². The fourth-order valence-electron chi connectivity index (χ4n) is 1.15. The molecule has 14 heavy (non-hydrogen) atoms. The molecule has 0 unspecified atom stereocenters. The minimum atomic E-state index is -4.54. The second-order valence-electron chi connectivity index (χ2n) is 3.10. The molecule has 3 nitrogen and oxygen atoms in total. The molecule has 0 aliphatic heterocycles. The van der Waals surface area contributed by atoms with Gasteiger partial charge in [0.05, 0.1) is 11.8 Å². The quantitative estimate of drug-likeness (QED) is 0.696. The van der Waals surface area contributed by atoms with Crippen molar-refractivity contribution < 1.29 is 18.0 Å². The summed E-state index contributed by atoms with van der Waals surface area (Å²) in [6, 6.07) is -0.430. The lowest BCUT2D eigenvalue weighted by Gasteiger charge is -2.13. The summed E-state index contributed by atoms with van der Waals surface area (Å²) in [5.74, 6) is 0. The third-order valence-corrected chi connectivity index (χ3v) is 1.71. The van der Waals surface area contributed by atoms with Gasteiger partial charge in [-0.25, -0.2) is 0 Å². The van der Waals surface area contributed by atoms with Crippen LogP contribution in [0.15, 0.2) is 6.20 Å². The van der Waals surface area contributed by atoms with Gasteiger partial charge in [-0.15, -0.1) is 0 Å². The third kappa shape index (κ3) is 1.78. The Kier molecular flexibility index (Phi) is 2.64. The molecule has 0 radical (unpaired) electrons. The molecular formula is C8H9F3N2O. The zero-order valence-corrected chi connectivity index (χ0v) is 7.67. The lowest BCUT2D eigenvalue weighted by molar-refractivity contribution is -0.145. The summed E-state index contributed by atoms with van der Waals surface area (Å²) in [6.07, 6.45) is -3.46. The monoisotopic (exact) mass is 206 g/mol. The van der Waals surface area contributed by atoms with Gasteiger partial charge < -0.3 is 0 Å². The van der Waals surface area contributed by atoms with Gasteiger partial charge in [0.1, 0.15) is 0 Å². The number of aromatic nitrogens is 2. The fraction of sp³-hybridized carbons (Fsp3) is 0.500. The second-order valence-corrected chi connectivity index (χ2v) is 3.10. The molecule has 0 amide bonds. The maximum Gasteiger partial charge on any atom is 0.433 e. The van der Waals surface area contributed by atoms with E-state index < -0.39 is 23.5 Å². The van der Waals surface area contributed by atoms with Gasteiger partial charge in [0.25, 0.3) is 0 Å². The van der Waals surface area contributed by atoms with Gasteiger partial charge in [0.2, 0.25) is 0 Å². The van der Waals surface area contributed by atoms with E-state index in [-0.39, 0.29) is 6.29 Å². The molecule has 0 N–H and O–H groups in total. The number of hydrogen-bond acceptors (Lipinski definition) is 2. The van der Waals surface area contributed by atoms with Crippen LogP contribution in [0.3, 0.4) is 0 Å². The Bertz CT molecular complexity index is 341. The van der Waals surface area contributed by atoms with E-state index in [4.69, 9.17) is 0 Å². The molecule has 0 aliphatic rings. The highest BCUT2D eigenvalue weighted by Crippen LogP contribution is 2.32. The highest BCUT2D eigenvalue weighted by atomic mass is 19.4. The van der Waals surface area contributed by atoms with E-state index in [2.05, 4.69) is 5.10 Å². The summed E-state index contributed by atoms with van der Waals surface area (Å²) in [6.45, 7) is 3.13. The summed E-state index contributed by atoms with van der Waals surface area (Å²) in [7, 11) is 0. The summed E-state index contributed by atoms with van der Waals surface area (Å²) in [5, 5.41) is 3.52. The maximum absolute atomic E-state index is 12.5. The summed E-state index contributed by atoms with van der Waals surface area (Å²) >= 11 is 0. The van der Waals surface area contributed by atoms with E-state index in [0.29, 0.717) is 0 Å². The lowest BCUT2D eigenvalue weighted by Crippen LogP contribution is -2.17. The van der Waals surface area contributed by atoms with E-state index in [0.717, 1.165) is 10.9 Å². The number of hydrogen-bond donors (Lipinski definition) is 0. The molecule has 0 fully saturated rings. The molecule has 1 heterocycles. The molecule has 0 aromatic carbocycles. The molecule has 78 valence electrons. The van der Waals surface area contributed by atoms with E-state index in [1.54, 1.807) is 13.8 Å². The van der Waals surface area contributed by atoms with Gasteiger partial charge >= 0.3 is 6.18 Å². The number of nitrogens with zero attached hydrogens (tertiary/aromatic N) is 2. The molecule has 6 heteroatoms. The van der Waals surface area contributed by atoms with Crippen molar-refractivity contribution in [2.45, 2.75) is 26.1 Å². The maximum atomic E-state index is 12.5. The van der Waals surface area contributed by atoms with E-state index in [9.17, 15) is 18.0 Å². The van der Waals surface area contributed by atoms with E-state index >= 15 is 0 Å². The number of carbonyl (C=O) groups excluding carboxylic acids is 1. The first kappa shape index (κ1) is 10.7. The zero-order chi connectivity index (χ0) is 10.9. The van der Waals surface area contributed by atoms with Crippen LogP contribution in [-0.2, 0) is 6.18 Å². The van der Waals surface area contributed by atoms with Crippen molar-refractivity contribution >= 4 is 6.29 Å². The van der Waals surface area contributed by atoms with Gasteiger partial charge in [-0.1, -0.05) is 0 Å². The van der Waals surface area contributed by atoms with Crippen LogP contribution in [0, 0.1) is 0 Å². The Morgan fingerprint density at radius 1 is 1.50 bits per heavy atom. The van der Waals surface area contributed by atoms with Crippen LogP contribution in [0.5, 0.6) is 0 Å². The Hall–Kier alpha value is -1.33. The van der Waals surface area contributed by atoms with Crippen molar-refractivity contribution in [3.8, 4) is 0 Å². The van der Waals surface area contributed by atoms with Crippen LogP contribution < -0.4 is 0 Å². The second kappa shape index (κ2) is 3.43. The zero-order valence-electron chi connectivity index (χ0n) is 7.67. The van der Waals surface area contributed by atoms with Crippen molar-refractivity contribution in [3.63, 3.8) is 0 Å². The molecule has 0 saturated carbocycles. The van der Waals surface area contributed by atoms with Crippen LogP contribution in [0.2, 0.25) is 0 Å². The smallest absolute Gasteiger partial charge is 0.298 e. The summed E-state index contributed by atoms with van der Waals surface area (Å²) < 4.78 is 38.2. The average Bonchev–Trinajstić information content (AvgIpc) is 2.45. The molecule has 0 atom stereocenters. The predicted octanol–water partition coefficient (Wildman–Crippen LogP) is 2.30. The molecule has 0 bridgehead atoms. The van der Waals surface area contributed by atoms with Crippen LogP contribution >= 0.6 is 0 Å². The highest BCUT2D eigenvalue weighted by Gasteiger charge is 2.38. The SMILES string of the molecule is CC(C)n1ncc(C=O)c1C(F)(F)F. The van der Waals surface area contributed by atoms with Gasteiger partial charge in [-0.05, 0) is 13.8 Å². The molecule has 1 aromatic rings. The van der Waals surface area contributed by atoms with Crippen LogP contribution in [-0.4, -0.2) is 16.1 Å². The number of halogens is 3. The molecular weight excluding hydrogens is 197 g/mol. The van der Waals surface area contributed by atoms with Gasteiger partial charge in [0, 0.05) is 6.04 Å². The van der Waals surface area contributed by atoms with Crippen molar-refractivity contribution in [1.29, 1.82) is 0 Å². The van der Waals surface area contributed by atoms with Crippen LogP contribution in [0.1, 0.15) is 35.9 Å². The van der Waals surface area contributed by atoms with Gasteiger partial charge in [-0.3, -0.25) is 9.48 Å². The Balaban J connectivity index is 3.34. The number of alkyl halides is 3. The first-order valence-electron chi connectivity index (χ1n) is 3.97. The van der Waals surface area contributed by atoms with Crippen LogP contribution in [0.25, 0.3) is 0 Å². The number of rotatable bonds is 2. The number of carbonyl (C=O) groups is 1. The first-order valence-corrected chi connectivity index (χ1v) is 3.97. The number of aldehydes is 1. The van der Waals surface area contributed by atoms with Crippen molar-refractivity contribution in [2.24, 2.45) is 0 Å². The first-order chi connectivity index (χ1) is 6.38. The lowest BCUT2D eigenvalue weighted by atomic mass is 10.2. The van der Waals surface area contributed by atoms with E-state index in [1.807, 2.05) is 0 Å². The third-order valence-electron chi connectivity index (χ3n) is 1.71. The average molecular weight is 206 g/mol. The highest BCUT2D eigenvalue weighted by molar-refractivity contribution is 5.76. The topological polar surface area (TPSA) is 34.9 Å². The normalized spacial score (nSPS) is 12.1. The summed E-state index contributed by atoms with van der Waals surface area (Å²) in [5.41, 5.74) is -1.41. The fourth-order valence-corrected chi connectivity index (χ4v) is 1.15. The standard InChI is InChI=1S/C8H9F3N2O/c1-5(2)13-7(8(9,10)11)6(4-14)3-12-13/h3-5H,1-2H3. The minimum absolute atomic E-state index is 0.161. The van der Waals surface area contributed by atoms with Crippen molar-refractivity contribution in [2.75, 3.05) is 0 Å². The van der Waals surface area contributed by atoms with Crippen molar-refractivity contribution in [3.05, 3.63) is 17.5 Å². The Morgan fingerprint density at radius 2 is 2.07 bits per heavy atom. The van der Waals surface area contributed by atoms with Gasteiger partial charge in [-0.2, -0.15) is 18.3 Å². The molecule has 1 aromatic heterocycles. The predicted molar refractivity (Wildman–Crippen MR) is 43.0 cm³/mol. The van der Waals surface area contributed by atoms with Gasteiger partial charge in [0.15, 0.2) is 12.0 Å². The molecule has 1 rings (SSSR count). The van der Waals surface area contributed by atoms with E-state index in [1.165, 1.54) is 0 Å². The molecule has 0 aliphatic carbocycles. The molecule has 0 saturated heterocycles. The molecule has 0 spiro atoms. The van der Waals surface area contributed by atoms with Crippen LogP contribution in [0.4, 0.5) is 13.2 Å². The van der Waals surface area contributed by atoms with Crippen molar-refractivity contribution in [1.82, 2.24) is 9.78 Å². The largest absolute Gasteiger partial charge is 0.433 e. The minimum Gasteiger partial charge on any atom is -0.298 e.